The van der Waals surface area contributed by atoms with Crippen LogP contribution >= 0.6 is 11.6 Å². The van der Waals surface area contributed by atoms with Crippen molar-refractivity contribution >= 4 is 11.6 Å². The largest absolute Gasteiger partial charge is 0.508 e. The summed E-state index contributed by atoms with van der Waals surface area (Å²) in [5.41, 5.74) is 0.894. The van der Waals surface area contributed by atoms with Gasteiger partial charge in [0.15, 0.2) is 0 Å². The van der Waals surface area contributed by atoms with Crippen LogP contribution in [0.25, 0.3) is 0 Å². The third-order valence-electron chi connectivity index (χ3n) is 2.53. The van der Waals surface area contributed by atoms with Crippen LogP contribution < -0.4 is 0 Å². The highest BCUT2D eigenvalue weighted by atomic mass is 35.5. The molecule has 0 aromatic carbocycles. The van der Waals surface area contributed by atoms with Crippen LogP contribution in [0, 0.1) is 0 Å². The van der Waals surface area contributed by atoms with E-state index in [0.717, 1.165) is 0 Å². The fourth-order valence-electron chi connectivity index (χ4n) is 1.58. The van der Waals surface area contributed by atoms with Crippen LogP contribution in [-0.4, -0.2) is 33.4 Å². The summed E-state index contributed by atoms with van der Waals surface area (Å²) in [6, 6.07) is 0. The van der Waals surface area contributed by atoms with Gasteiger partial charge >= 0.3 is 0 Å². The molecule has 1 unspecified atom stereocenters. The molecular weight excluding hydrogens is 204 g/mol. The molecule has 3 nitrogen and oxygen atoms in total. The summed E-state index contributed by atoms with van der Waals surface area (Å²) in [4.78, 5) is -0.581. The molecule has 3 N–H and O–H groups in total. The molecule has 80 valence electrons. The first-order valence-electron chi connectivity index (χ1n) is 4.60. The standard InChI is InChI=1S/C10H15ClO3/c1-2-10(11)3-7(5-12)9(14)8(4-10)6-13/h3,12-14H,2,4-6H2,1H3. The second kappa shape index (κ2) is 4.34. The Morgan fingerprint density at radius 3 is 2.50 bits per heavy atom. The molecule has 14 heavy (non-hydrogen) atoms. The second-order valence-electron chi connectivity index (χ2n) is 3.50. The van der Waals surface area contributed by atoms with Crippen molar-refractivity contribution in [2.45, 2.75) is 24.6 Å². The Balaban J connectivity index is 3.05. The minimum atomic E-state index is -0.581. The van der Waals surface area contributed by atoms with Crippen molar-refractivity contribution in [3.05, 3.63) is 23.0 Å². The van der Waals surface area contributed by atoms with Crippen LogP contribution in [0.5, 0.6) is 0 Å². The van der Waals surface area contributed by atoms with Gasteiger partial charge in [0.2, 0.25) is 0 Å². The van der Waals surface area contributed by atoms with Crippen molar-refractivity contribution in [2.75, 3.05) is 13.2 Å². The molecule has 0 fully saturated rings. The Hall–Kier alpha value is -0.510. The number of alkyl halides is 1. The first-order chi connectivity index (χ1) is 6.56. The zero-order chi connectivity index (χ0) is 10.8. The number of aliphatic hydroxyl groups excluding tert-OH is 3. The molecule has 0 bridgehead atoms. The first kappa shape index (κ1) is 11.6. The van der Waals surface area contributed by atoms with E-state index < -0.39 is 4.87 Å². The third kappa shape index (κ3) is 2.11. The number of rotatable bonds is 3. The Kier molecular flexibility index (Phi) is 3.59. The predicted molar refractivity (Wildman–Crippen MR) is 55.4 cm³/mol. The molecule has 4 heteroatoms. The number of allylic oxidation sites excluding steroid dienone is 1. The van der Waals surface area contributed by atoms with Gasteiger partial charge in [-0.2, -0.15) is 0 Å². The minimum absolute atomic E-state index is 0.0141. The molecule has 0 spiro atoms. The fourth-order valence-corrected chi connectivity index (χ4v) is 1.87. The summed E-state index contributed by atoms with van der Waals surface area (Å²) in [6.45, 7) is 1.44. The lowest BCUT2D eigenvalue weighted by Crippen LogP contribution is -2.25. The van der Waals surface area contributed by atoms with Crippen molar-refractivity contribution < 1.29 is 15.3 Å². The van der Waals surface area contributed by atoms with E-state index in [1.54, 1.807) is 6.08 Å². The normalized spacial score (nSPS) is 27.9. The number of halogens is 1. The molecule has 0 radical (unpaired) electrons. The summed E-state index contributed by atoms with van der Waals surface area (Å²) in [7, 11) is 0. The van der Waals surface area contributed by atoms with E-state index in [2.05, 4.69) is 0 Å². The van der Waals surface area contributed by atoms with E-state index in [0.29, 0.717) is 24.0 Å². The first-order valence-corrected chi connectivity index (χ1v) is 4.98. The molecular formula is C10H15ClO3. The van der Waals surface area contributed by atoms with Crippen LogP contribution in [-0.2, 0) is 0 Å². The van der Waals surface area contributed by atoms with Crippen molar-refractivity contribution in [1.29, 1.82) is 0 Å². The summed E-state index contributed by atoms with van der Waals surface area (Å²) < 4.78 is 0. The topological polar surface area (TPSA) is 60.7 Å². The predicted octanol–water partition coefficient (Wildman–Crippen LogP) is 1.50. The minimum Gasteiger partial charge on any atom is -0.508 e. The Morgan fingerprint density at radius 1 is 1.43 bits per heavy atom. The average molecular weight is 219 g/mol. The smallest absolute Gasteiger partial charge is 0.122 e. The highest BCUT2D eigenvalue weighted by Crippen LogP contribution is 2.37. The maximum absolute atomic E-state index is 9.59. The molecule has 0 aliphatic heterocycles. The molecule has 1 rings (SSSR count). The lowest BCUT2D eigenvalue weighted by molar-refractivity contribution is 0.285. The van der Waals surface area contributed by atoms with Crippen LogP contribution in [0.3, 0.4) is 0 Å². The zero-order valence-electron chi connectivity index (χ0n) is 8.13. The van der Waals surface area contributed by atoms with Gasteiger partial charge in [0, 0.05) is 5.57 Å². The van der Waals surface area contributed by atoms with Gasteiger partial charge in [0.25, 0.3) is 0 Å². The van der Waals surface area contributed by atoms with Crippen molar-refractivity contribution in [2.24, 2.45) is 0 Å². The van der Waals surface area contributed by atoms with Crippen molar-refractivity contribution in [3.8, 4) is 0 Å². The van der Waals surface area contributed by atoms with Gasteiger partial charge in [-0.25, -0.2) is 0 Å². The third-order valence-corrected chi connectivity index (χ3v) is 3.04. The lowest BCUT2D eigenvalue weighted by atomic mass is 9.87. The van der Waals surface area contributed by atoms with Crippen LogP contribution in [0.1, 0.15) is 19.8 Å². The SMILES string of the molecule is CCC1(Cl)C=C(CO)C(O)=C(CO)C1. The van der Waals surface area contributed by atoms with Gasteiger partial charge in [0.05, 0.1) is 18.1 Å². The summed E-state index contributed by atoms with van der Waals surface area (Å²) in [6.07, 6.45) is 2.79. The highest BCUT2D eigenvalue weighted by Gasteiger charge is 2.31. The monoisotopic (exact) mass is 218 g/mol. The van der Waals surface area contributed by atoms with E-state index in [-0.39, 0.29) is 19.0 Å². The summed E-state index contributed by atoms with van der Waals surface area (Å²) >= 11 is 6.23. The average Bonchev–Trinajstić information content (AvgIpc) is 2.21. The summed E-state index contributed by atoms with van der Waals surface area (Å²) in [5.74, 6) is -0.0141. The van der Waals surface area contributed by atoms with Gasteiger partial charge in [-0.05, 0) is 18.4 Å². The molecule has 0 saturated carbocycles. The maximum Gasteiger partial charge on any atom is 0.122 e. The van der Waals surface area contributed by atoms with Crippen LogP contribution in [0.4, 0.5) is 0 Å². The molecule has 1 aliphatic rings. The number of hydrogen-bond donors (Lipinski definition) is 3. The van der Waals surface area contributed by atoms with E-state index in [1.807, 2.05) is 6.92 Å². The quantitative estimate of drug-likeness (QED) is 0.630. The van der Waals surface area contributed by atoms with E-state index in [4.69, 9.17) is 21.8 Å². The molecule has 0 aromatic rings. The van der Waals surface area contributed by atoms with Crippen LogP contribution in [0.15, 0.2) is 23.0 Å². The van der Waals surface area contributed by atoms with Crippen LogP contribution in [0.2, 0.25) is 0 Å². The molecule has 0 saturated heterocycles. The Bertz CT molecular complexity index is 283. The maximum atomic E-state index is 9.59. The molecule has 0 amide bonds. The Labute approximate surface area is 88.3 Å². The van der Waals surface area contributed by atoms with Gasteiger partial charge in [-0.1, -0.05) is 13.0 Å². The highest BCUT2D eigenvalue weighted by molar-refractivity contribution is 6.25. The molecule has 0 aromatic heterocycles. The van der Waals surface area contributed by atoms with E-state index in [9.17, 15) is 5.11 Å². The lowest BCUT2D eigenvalue weighted by Gasteiger charge is -2.29. The molecule has 0 heterocycles. The zero-order valence-corrected chi connectivity index (χ0v) is 8.88. The van der Waals surface area contributed by atoms with Crippen molar-refractivity contribution in [3.63, 3.8) is 0 Å². The fraction of sp³-hybridized carbons (Fsp3) is 0.600. The second-order valence-corrected chi connectivity index (χ2v) is 4.26. The Morgan fingerprint density at radius 2 is 2.07 bits per heavy atom. The molecule has 1 aliphatic carbocycles. The number of hydrogen-bond acceptors (Lipinski definition) is 3. The summed E-state index contributed by atoms with van der Waals surface area (Å²) in [5, 5.41) is 27.6. The van der Waals surface area contributed by atoms with Gasteiger partial charge in [0.1, 0.15) is 5.76 Å². The molecule has 1 atom stereocenters. The van der Waals surface area contributed by atoms with Gasteiger partial charge < -0.3 is 15.3 Å². The van der Waals surface area contributed by atoms with E-state index in [1.165, 1.54) is 0 Å². The number of aliphatic hydroxyl groups is 3. The van der Waals surface area contributed by atoms with Gasteiger partial charge in [-0.3, -0.25) is 0 Å². The van der Waals surface area contributed by atoms with Crippen molar-refractivity contribution in [1.82, 2.24) is 0 Å². The van der Waals surface area contributed by atoms with E-state index >= 15 is 0 Å². The van der Waals surface area contributed by atoms with Gasteiger partial charge in [-0.15, -0.1) is 11.6 Å².